The predicted octanol–water partition coefficient (Wildman–Crippen LogP) is 6.62. The van der Waals surface area contributed by atoms with Crippen molar-refractivity contribution in [3.05, 3.63) is 107 Å². The summed E-state index contributed by atoms with van der Waals surface area (Å²) in [6.07, 6.45) is 1.89. The standard InChI is InChI=1S/C33H30N4O2.K.H/c1-4-9-30-35-31-21(2)18-24(32-34-27-12-7-8-13-28(27)36(32)3)19-29(31)37(30)20-22-14-16-23(17-15-22)25-10-5-6-11-26(25)33(38)39;;/h5-8,10-19H,4,9,20H2,1-3H3,(H,38,39);;. The Hall–Kier alpha value is -3.07. The van der Waals surface area contributed by atoms with Gasteiger partial charge in [-0.1, -0.05) is 61.5 Å². The first kappa shape index (κ1) is 28.5. The maximum absolute atomic E-state index is 11.7. The van der Waals surface area contributed by atoms with E-state index in [1.54, 1.807) is 12.1 Å². The fourth-order valence-corrected chi connectivity index (χ4v) is 5.46. The Kier molecular flexibility index (Phi) is 8.40. The summed E-state index contributed by atoms with van der Waals surface area (Å²) in [5, 5.41) is 9.60. The second-order valence-corrected chi connectivity index (χ2v) is 10.1. The van der Waals surface area contributed by atoms with E-state index in [2.05, 4.69) is 60.4 Å². The van der Waals surface area contributed by atoms with Gasteiger partial charge < -0.3 is 14.2 Å². The second-order valence-electron chi connectivity index (χ2n) is 10.1. The second kappa shape index (κ2) is 11.8. The van der Waals surface area contributed by atoms with Gasteiger partial charge in [0.2, 0.25) is 0 Å². The van der Waals surface area contributed by atoms with E-state index in [-0.39, 0.29) is 51.4 Å². The Balaban J connectivity index is 0.00000323. The van der Waals surface area contributed by atoms with Crippen LogP contribution >= 0.6 is 0 Å². The average Bonchev–Trinajstić information content (AvgIpc) is 3.47. The summed E-state index contributed by atoms with van der Waals surface area (Å²) in [7, 11) is 2.06. The first-order chi connectivity index (χ1) is 18.9. The average molecular weight is 555 g/mol. The van der Waals surface area contributed by atoms with Crippen LogP contribution in [0.1, 0.15) is 40.7 Å². The molecule has 6 aromatic rings. The van der Waals surface area contributed by atoms with Gasteiger partial charge in [0.25, 0.3) is 0 Å². The number of carboxylic acids is 1. The summed E-state index contributed by atoms with van der Waals surface area (Å²) < 4.78 is 4.47. The van der Waals surface area contributed by atoms with Crippen molar-refractivity contribution >= 4 is 79.4 Å². The quantitative estimate of drug-likeness (QED) is 0.225. The Labute approximate surface area is 276 Å². The SMILES string of the molecule is CCCc1nc2c(C)cc(-c3nc4ccccc4n3C)cc2n1Cc1ccc(-c2ccccc2C(=O)O)cc1.[KH]. The summed E-state index contributed by atoms with van der Waals surface area (Å²) in [5.41, 5.74) is 9.46. The number of aryl methyl sites for hydroxylation is 3. The molecule has 0 atom stereocenters. The van der Waals surface area contributed by atoms with Crippen LogP contribution in [0, 0.1) is 6.92 Å². The van der Waals surface area contributed by atoms with Gasteiger partial charge >= 0.3 is 57.4 Å². The number of rotatable bonds is 7. The normalized spacial score (nSPS) is 11.2. The van der Waals surface area contributed by atoms with Crippen LogP contribution in [0.5, 0.6) is 0 Å². The van der Waals surface area contributed by atoms with Crippen LogP contribution in [-0.2, 0) is 20.0 Å². The van der Waals surface area contributed by atoms with E-state index in [0.29, 0.717) is 12.1 Å². The number of hydrogen-bond donors (Lipinski definition) is 1. The van der Waals surface area contributed by atoms with Gasteiger partial charge in [0.05, 0.1) is 27.6 Å². The first-order valence-electron chi connectivity index (χ1n) is 13.3. The van der Waals surface area contributed by atoms with E-state index in [1.165, 1.54) is 0 Å². The molecule has 0 radical (unpaired) electrons. The molecule has 4 aromatic carbocycles. The van der Waals surface area contributed by atoms with Gasteiger partial charge in [-0.3, -0.25) is 0 Å². The van der Waals surface area contributed by atoms with Gasteiger partial charge in [-0.05, 0) is 65.9 Å². The summed E-state index contributed by atoms with van der Waals surface area (Å²) in [5.74, 6) is 1.08. The number of carboxylic acid groups (broad SMARTS) is 1. The molecule has 0 aliphatic heterocycles. The Morgan fingerprint density at radius 3 is 2.33 bits per heavy atom. The van der Waals surface area contributed by atoms with Crippen LogP contribution in [0.25, 0.3) is 44.6 Å². The third-order valence-electron chi connectivity index (χ3n) is 7.41. The molecule has 1 N–H and O–H groups in total. The van der Waals surface area contributed by atoms with E-state index < -0.39 is 5.97 Å². The predicted molar refractivity (Wildman–Crippen MR) is 163 cm³/mol. The van der Waals surface area contributed by atoms with Crippen LogP contribution in [0.2, 0.25) is 0 Å². The Bertz CT molecular complexity index is 1850. The van der Waals surface area contributed by atoms with Gasteiger partial charge in [-0.25, -0.2) is 14.8 Å². The van der Waals surface area contributed by atoms with Gasteiger partial charge in [-0.15, -0.1) is 0 Å². The molecule has 0 saturated carbocycles. The minimum absolute atomic E-state index is 0. The molecule has 0 fully saturated rings. The van der Waals surface area contributed by atoms with Gasteiger partial charge in [0, 0.05) is 25.6 Å². The number of nitrogens with zero attached hydrogens (tertiary/aromatic N) is 4. The molecular weight excluding hydrogens is 523 g/mol. The summed E-state index contributed by atoms with van der Waals surface area (Å²) in [4.78, 5) is 21.7. The van der Waals surface area contributed by atoms with E-state index in [1.807, 2.05) is 42.5 Å². The number of aromatic carboxylic acids is 1. The molecule has 0 bridgehead atoms. The Morgan fingerprint density at radius 2 is 1.60 bits per heavy atom. The number of carbonyl (C=O) groups is 1. The van der Waals surface area contributed by atoms with Crippen LogP contribution in [-0.4, -0.2) is 81.6 Å². The molecule has 0 saturated heterocycles. The molecule has 196 valence electrons. The van der Waals surface area contributed by atoms with Crippen molar-refractivity contribution in [1.29, 1.82) is 0 Å². The van der Waals surface area contributed by atoms with Crippen molar-refractivity contribution in [3.63, 3.8) is 0 Å². The molecule has 2 aromatic heterocycles. The molecule has 0 unspecified atom stereocenters. The summed E-state index contributed by atoms with van der Waals surface area (Å²) in [6.45, 7) is 4.98. The fraction of sp³-hybridized carbons (Fsp3) is 0.182. The van der Waals surface area contributed by atoms with Gasteiger partial charge in [-0.2, -0.15) is 0 Å². The van der Waals surface area contributed by atoms with E-state index in [4.69, 9.17) is 9.97 Å². The van der Waals surface area contributed by atoms with Crippen molar-refractivity contribution in [2.45, 2.75) is 33.2 Å². The number of hydrogen-bond acceptors (Lipinski definition) is 3. The molecule has 6 rings (SSSR count). The molecule has 2 heterocycles. The van der Waals surface area contributed by atoms with E-state index >= 15 is 0 Å². The number of benzene rings is 4. The number of fused-ring (bicyclic) bond motifs is 2. The van der Waals surface area contributed by atoms with Crippen molar-refractivity contribution in [2.24, 2.45) is 7.05 Å². The molecule has 0 aliphatic carbocycles. The van der Waals surface area contributed by atoms with Crippen molar-refractivity contribution in [2.75, 3.05) is 0 Å². The van der Waals surface area contributed by atoms with Crippen LogP contribution in [0.15, 0.2) is 84.9 Å². The molecule has 0 aliphatic rings. The van der Waals surface area contributed by atoms with Crippen LogP contribution in [0.3, 0.4) is 0 Å². The molecule has 0 spiro atoms. The van der Waals surface area contributed by atoms with Crippen molar-refractivity contribution in [3.8, 4) is 22.5 Å². The number of aromatic nitrogens is 4. The third kappa shape index (κ3) is 5.20. The monoisotopic (exact) mass is 554 g/mol. The van der Waals surface area contributed by atoms with Gasteiger partial charge in [0.15, 0.2) is 0 Å². The summed E-state index contributed by atoms with van der Waals surface area (Å²) in [6, 6.07) is 27.9. The molecule has 7 heteroatoms. The zero-order valence-electron chi connectivity index (χ0n) is 22.3. The van der Waals surface area contributed by atoms with E-state index in [9.17, 15) is 9.90 Å². The maximum atomic E-state index is 11.7. The number of imidazole rings is 2. The van der Waals surface area contributed by atoms with Crippen LogP contribution < -0.4 is 0 Å². The van der Waals surface area contributed by atoms with E-state index in [0.717, 1.165) is 74.4 Å². The number of para-hydroxylation sites is 2. The molecule has 6 nitrogen and oxygen atoms in total. The van der Waals surface area contributed by atoms with Gasteiger partial charge in [0.1, 0.15) is 11.6 Å². The summed E-state index contributed by atoms with van der Waals surface area (Å²) >= 11 is 0. The first-order valence-corrected chi connectivity index (χ1v) is 13.3. The third-order valence-corrected chi connectivity index (χ3v) is 7.41. The zero-order chi connectivity index (χ0) is 27.1. The Morgan fingerprint density at radius 1 is 0.875 bits per heavy atom. The van der Waals surface area contributed by atoms with Crippen LogP contribution in [0.4, 0.5) is 0 Å². The molecular formula is C33H31KN4O2. The zero-order valence-corrected chi connectivity index (χ0v) is 22.3. The topological polar surface area (TPSA) is 72.9 Å². The molecule has 40 heavy (non-hydrogen) atoms. The van der Waals surface area contributed by atoms with Crippen molar-refractivity contribution < 1.29 is 9.90 Å². The fourth-order valence-electron chi connectivity index (χ4n) is 5.46. The molecule has 0 amide bonds. The van der Waals surface area contributed by atoms with Crippen molar-refractivity contribution in [1.82, 2.24) is 19.1 Å². The minimum atomic E-state index is -0.921.